The molecule has 5 nitrogen and oxygen atoms in total. The molecule has 0 aliphatic carbocycles. The third kappa shape index (κ3) is 3.81. The van der Waals surface area contributed by atoms with Gasteiger partial charge in [0.15, 0.2) is 0 Å². The SMILES string of the molecule is NCCCC[C@@H](C=O)NN1CC=CC1=O. The summed E-state index contributed by atoms with van der Waals surface area (Å²) in [5, 5.41) is 1.45. The average Bonchev–Trinajstić information content (AvgIpc) is 2.63. The third-order valence-corrected chi connectivity index (χ3v) is 2.27. The zero-order chi connectivity index (χ0) is 11.1. The number of hydrogen-bond acceptors (Lipinski definition) is 4. The first-order chi connectivity index (χ1) is 7.27. The zero-order valence-electron chi connectivity index (χ0n) is 8.69. The summed E-state index contributed by atoms with van der Waals surface area (Å²) >= 11 is 0. The summed E-state index contributed by atoms with van der Waals surface area (Å²) in [5.41, 5.74) is 8.25. The molecule has 1 rings (SSSR count). The summed E-state index contributed by atoms with van der Waals surface area (Å²) < 4.78 is 0. The van der Waals surface area contributed by atoms with Gasteiger partial charge in [-0.05, 0) is 19.4 Å². The number of nitrogens with zero attached hydrogens (tertiary/aromatic N) is 1. The lowest BCUT2D eigenvalue weighted by atomic mass is 10.1. The predicted molar refractivity (Wildman–Crippen MR) is 56.7 cm³/mol. The Labute approximate surface area is 89.3 Å². The Morgan fingerprint density at radius 1 is 1.60 bits per heavy atom. The van der Waals surface area contributed by atoms with Crippen molar-refractivity contribution in [1.82, 2.24) is 10.4 Å². The maximum Gasteiger partial charge on any atom is 0.260 e. The molecule has 0 aromatic carbocycles. The molecule has 84 valence electrons. The van der Waals surface area contributed by atoms with Gasteiger partial charge in [0.1, 0.15) is 6.29 Å². The second-order valence-corrected chi connectivity index (χ2v) is 3.51. The van der Waals surface area contributed by atoms with Crippen molar-refractivity contribution in [2.45, 2.75) is 25.3 Å². The lowest BCUT2D eigenvalue weighted by Crippen LogP contribution is -2.46. The Hall–Kier alpha value is -1.20. The van der Waals surface area contributed by atoms with Gasteiger partial charge in [-0.15, -0.1) is 0 Å². The molecule has 5 heteroatoms. The quantitative estimate of drug-likeness (QED) is 0.443. The summed E-state index contributed by atoms with van der Waals surface area (Å²) in [6, 6.07) is -0.291. The second-order valence-electron chi connectivity index (χ2n) is 3.51. The van der Waals surface area contributed by atoms with Crippen LogP contribution in [0.25, 0.3) is 0 Å². The fourth-order valence-electron chi connectivity index (χ4n) is 1.43. The number of hydrazine groups is 1. The molecule has 0 saturated heterocycles. The van der Waals surface area contributed by atoms with Crippen LogP contribution in [-0.4, -0.2) is 36.3 Å². The normalized spacial score (nSPS) is 17.1. The summed E-state index contributed by atoms with van der Waals surface area (Å²) in [6.07, 6.45) is 6.60. The van der Waals surface area contributed by atoms with Gasteiger partial charge in [0.05, 0.1) is 12.6 Å². The smallest absolute Gasteiger partial charge is 0.260 e. The van der Waals surface area contributed by atoms with Crippen molar-refractivity contribution in [2.75, 3.05) is 13.1 Å². The molecule has 0 spiro atoms. The number of nitrogens with two attached hydrogens (primary N) is 1. The van der Waals surface area contributed by atoms with Gasteiger partial charge in [-0.3, -0.25) is 9.80 Å². The number of hydrogen-bond donors (Lipinski definition) is 2. The van der Waals surface area contributed by atoms with Crippen molar-refractivity contribution < 1.29 is 9.59 Å². The third-order valence-electron chi connectivity index (χ3n) is 2.27. The van der Waals surface area contributed by atoms with E-state index in [-0.39, 0.29) is 11.9 Å². The first kappa shape index (κ1) is 11.9. The first-order valence-electron chi connectivity index (χ1n) is 5.17. The van der Waals surface area contributed by atoms with Gasteiger partial charge in [-0.25, -0.2) is 5.43 Å². The van der Waals surface area contributed by atoms with Crippen molar-refractivity contribution in [3.8, 4) is 0 Å². The Balaban J connectivity index is 2.27. The van der Waals surface area contributed by atoms with Gasteiger partial charge in [0, 0.05) is 6.08 Å². The van der Waals surface area contributed by atoms with Crippen LogP contribution in [-0.2, 0) is 9.59 Å². The Kier molecular flexibility index (Phi) is 5.00. The van der Waals surface area contributed by atoms with Crippen LogP contribution in [0.15, 0.2) is 12.2 Å². The summed E-state index contributed by atoms with van der Waals surface area (Å²) in [5.74, 6) is -0.0966. The van der Waals surface area contributed by atoms with E-state index in [0.717, 1.165) is 19.1 Å². The van der Waals surface area contributed by atoms with E-state index < -0.39 is 0 Å². The van der Waals surface area contributed by atoms with E-state index >= 15 is 0 Å². The molecule has 0 saturated carbocycles. The van der Waals surface area contributed by atoms with Crippen molar-refractivity contribution in [3.05, 3.63) is 12.2 Å². The molecule has 0 aromatic rings. The van der Waals surface area contributed by atoms with Crippen LogP contribution >= 0.6 is 0 Å². The highest BCUT2D eigenvalue weighted by molar-refractivity contribution is 5.89. The fourth-order valence-corrected chi connectivity index (χ4v) is 1.43. The van der Waals surface area contributed by atoms with Crippen molar-refractivity contribution in [2.24, 2.45) is 5.73 Å². The molecule has 1 amide bonds. The largest absolute Gasteiger partial charge is 0.330 e. The Morgan fingerprint density at radius 2 is 2.40 bits per heavy atom. The molecule has 0 radical (unpaired) electrons. The van der Waals surface area contributed by atoms with Crippen LogP contribution < -0.4 is 11.2 Å². The molecule has 0 aromatic heterocycles. The summed E-state index contributed by atoms with van der Waals surface area (Å²) in [7, 11) is 0. The zero-order valence-corrected chi connectivity index (χ0v) is 8.69. The number of carbonyl (C=O) groups is 2. The number of aldehydes is 1. The topological polar surface area (TPSA) is 75.4 Å². The maximum absolute atomic E-state index is 11.2. The molecule has 1 heterocycles. The van der Waals surface area contributed by atoms with E-state index in [1.165, 1.54) is 11.1 Å². The van der Waals surface area contributed by atoms with E-state index in [4.69, 9.17) is 5.73 Å². The summed E-state index contributed by atoms with van der Waals surface area (Å²) in [6.45, 7) is 1.16. The van der Waals surface area contributed by atoms with Gasteiger partial charge in [0.25, 0.3) is 5.91 Å². The van der Waals surface area contributed by atoms with Crippen LogP contribution in [0.1, 0.15) is 19.3 Å². The molecule has 1 atom stereocenters. The minimum Gasteiger partial charge on any atom is -0.330 e. The molecule has 1 aliphatic heterocycles. The molecular weight excluding hydrogens is 194 g/mol. The highest BCUT2D eigenvalue weighted by Crippen LogP contribution is 2.02. The Morgan fingerprint density at radius 3 is 2.93 bits per heavy atom. The monoisotopic (exact) mass is 211 g/mol. The minimum atomic E-state index is -0.291. The van der Waals surface area contributed by atoms with Gasteiger partial charge >= 0.3 is 0 Å². The van der Waals surface area contributed by atoms with E-state index in [1.807, 2.05) is 0 Å². The minimum absolute atomic E-state index is 0.0966. The average molecular weight is 211 g/mol. The molecule has 3 N–H and O–H groups in total. The molecule has 0 fully saturated rings. The van der Waals surface area contributed by atoms with Crippen LogP contribution in [0, 0.1) is 0 Å². The predicted octanol–water partition coefficient (Wildman–Crippen LogP) is -0.414. The molecular formula is C10H17N3O2. The van der Waals surface area contributed by atoms with Gasteiger partial charge in [0.2, 0.25) is 0 Å². The van der Waals surface area contributed by atoms with Crippen LogP contribution in [0.3, 0.4) is 0 Å². The van der Waals surface area contributed by atoms with Gasteiger partial charge in [-0.2, -0.15) is 0 Å². The van der Waals surface area contributed by atoms with E-state index in [1.54, 1.807) is 6.08 Å². The van der Waals surface area contributed by atoms with Gasteiger partial charge in [-0.1, -0.05) is 12.5 Å². The van der Waals surface area contributed by atoms with Crippen molar-refractivity contribution in [3.63, 3.8) is 0 Å². The standard InChI is InChI=1S/C10H17N3O2/c11-6-2-1-4-9(8-14)12-13-7-3-5-10(13)15/h3,5,8-9,12H,1-2,4,6-7,11H2/t9-/m0/s1. The highest BCUT2D eigenvalue weighted by atomic mass is 16.2. The van der Waals surface area contributed by atoms with E-state index in [0.29, 0.717) is 19.5 Å². The van der Waals surface area contributed by atoms with E-state index in [2.05, 4.69) is 5.43 Å². The van der Waals surface area contributed by atoms with Crippen molar-refractivity contribution >= 4 is 12.2 Å². The number of carbonyl (C=O) groups excluding carboxylic acids is 2. The lowest BCUT2D eigenvalue weighted by Gasteiger charge is -2.21. The molecule has 0 bridgehead atoms. The van der Waals surface area contributed by atoms with Crippen LogP contribution in [0.5, 0.6) is 0 Å². The summed E-state index contributed by atoms with van der Waals surface area (Å²) in [4.78, 5) is 21.9. The number of rotatable bonds is 7. The Bertz CT molecular complexity index is 253. The second kappa shape index (κ2) is 6.31. The van der Waals surface area contributed by atoms with Gasteiger partial charge < -0.3 is 10.5 Å². The molecule has 1 aliphatic rings. The maximum atomic E-state index is 11.2. The van der Waals surface area contributed by atoms with Crippen molar-refractivity contribution in [1.29, 1.82) is 0 Å². The number of nitrogens with one attached hydrogen (secondary N) is 1. The fraction of sp³-hybridized carbons (Fsp3) is 0.600. The highest BCUT2D eigenvalue weighted by Gasteiger charge is 2.18. The number of unbranched alkanes of at least 4 members (excludes halogenated alkanes) is 1. The lowest BCUT2D eigenvalue weighted by molar-refractivity contribution is -0.128. The van der Waals surface area contributed by atoms with Crippen LogP contribution in [0.4, 0.5) is 0 Å². The van der Waals surface area contributed by atoms with Crippen LogP contribution in [0.2, 0.25) is 0 Å². The molecule has 0 unspecified atom stereocenters. The number of amides is 1. The van der Waals surface area contributed by atoms with E-state index in [9.17, 15) is 9.59 Å². The molecule has 15 heavy (non-hydrogen) atoms. The first-order valence-corrected chi connectivity index (χ1v) is 5.17.